The largest absolute Gasteiger partial charge is 0.480 e. The van der Waals surface area contributed by atoms with Crippen LogP contribution < -0.4 is 0 Å². The van der Waals surface area contributed by atoms with Crippen molar-refractivity contribution in [1.82, 2.24) is 0 Å². The molecule has 102 valence electrons. The molecule has 4 nitrogen and oxygen atoms in total. The third kappa shape index (κ3) is 1.65. The van der Waals surface area contributed by atoms with Gasteiger partial charge in [0.1, 0.15) is 10.2 Å². The number of hydrogen-bond donors (Lipinski definition) is 2. The van der Waals surface area contributed by atoms with Gasteiger partial charge in [-0.15, -0.1) is 11.8 Å². The van der Waals surface area contributed by atoms with Crippen LogP contribution in [0.5, 0.6) is 0 Å². The highest BCUT2D eigenvalue weighted by Crippen LogP contribution is 2.65. The number of rotatable bonds is 3. The van der Waals surface area contributed by atoms with Gasteiger partial charge in [-0.1, -0.05) is 43.6 Å². The number of halogens is 1. The topological polar surface area (TPSA) is 74.6 Å². The number of carboxylic acid groups (broad SMARTS) is 2. The zero-order chi connectivity index (χ0) is 14.4. The van der Waals surface area contributed by atoms with Crippen LogP contribution in [0.25, 0.3) is 0 Å². The quantitative estimate of drug-likeness (QED) is 0.826. The van der Waals surface area contributed by atoms with E-state index in [2.05, 4.69) is 15.9 Å². The molecular formula is C12H17BrO4S. The predicted molar refractivity (Wildman–Crippen MR) is 74.8 cm³/mol. The van der Waals surface area contributed by atoms with E-state index < -0.39 is 27.5 Å². The molecule has 0 amide bonds. The van der Waals surface area contributed by atoms with Crippen LogP contribution in [-0.2, 0) is 9.59 Å². The smallest absolute Gasteiger partial charge is 0.321 e. The van der Waals surface area contributed by atoms with Crippen LogP contribution in [0.1, 0.15) is 34.1 Å². The van der Waals surface area contributed by atoms with E-state index in [1.165, 1.54) is 0 Å². The molecule has 1 heterocycles. The minimum Gasteiger partial charge on any atom is -0.480 e. The molecule has 0 saturated carbocycles. The summed E-state index contributed by atoms with van der Waals surface area (Å²) in [6.07, 6.45) is 0.238. The van der Waals surface area contributed by atoms with Gasteiger partial charge < -0.3 is 10.2 Å². The Morgan fingerprint density at radius 3 is 2.06 bits per heavy atom. The van der Waals surface area contributed by atoms with Crippen molar-refractivity contribution in [3.63, 3.8) is 0 Å². The highest BCUT2D eigenvalue weighted by Gasteiger charge is 2.70. The second-order valence-electron chi connectivity index (χ2n) is 5.37. The predicted octanol–water partition coefficient (Wildman–Crippen LogP) is 3.32. The zero-order valence-corrected chi connectivity index (χ0v) is 13.2. The molecular weight excluding hydrogens is 320 g/mol. The Hall–Kier alpha value is -0.490. The van der Waals surface area contributed by atoms with E-state index in [1.54, 1.807) is 33.1 Å². The molecule has 2 atom stereocenters. The van der Waals surface area contributed by atoms with Crippen LogP contribution in [0, 0.1) is 10.8 Å². The summed E-state index contributed by atoms with van der Waals surface area (Å²) in [6.45, 7) is 6.99. The van der Waals surface area contributed by atoms with Crippen molar-refractivity contribution < 1.29 is 19.8 Å². The summed E-state index contributed by atoms with van der Waals surface area (Å²) >= 11 is 4.36. The maximum atomic E-state index is 11.9. The second kappa shape index (κ2) is 4.56. The number of thioether (sulfide) groups is 1. The fraction of sp³-hybridized carbons (Fsp3) is 0.667. The standard InChI is InChI=1S/C12H17BrO4S/c1-5-11(8(14)15)12(9(16)17,10(2,3)4)7(13)6-18-11/h6H,5H2,1-4H3,(H,14,15)(H,16,17). The summed E-state index contributed by atoms with van der Waals surface area (Å²) in [7, 11) is 0. The van der Waals surface area contributed by atoms with Crippen molar-refractivity contribution in [1.29, 1.82) is 0 Å². The molecule has 0 aromatic carbocycles. The van der Waals surface area contributed by atoms with Crippen molar-refractivity contribution in [2.24, 2.45) is 10.8 Å². The fourth-order valence-corrected chi connectivity index (χ4v) is 5.74. The molecule has 2 N–H and O–H groups in total. The molecule has 2 unspecified atom stereocenters. The average Bonchev–Trinajstić information content (AvgIpc) is 2.52. The maximum absolute atomic E-state index is 11.9. The first-order valence-electron chi connectivity index (χ1n) is 5.58. The van der Waals surface area contributed by atoms with Gasteiger partial charge in [0, 0.05) is 4.48 Å². The van der Waals surface area contributed by atoms with Crippen LogP contribution in [0.4, 0.5) is 0 Å². The summed E-state index contributed by atoms with van der Waals surface area (Å²) in [5.41, 5.74) is -2.20. The van der Waals surface area contributed by atoms with Crippen LogP contribution in [0.15, 0.2) is 9.89 Å². The van der Waals surface area contributed by atoms with E-state index in [0.717, 1.165) is 11.8 Å². The van der Waals surface area contributed by atoms with E-state index in [-0.39, 0.29) is 6.42 Å². The fourth-order valence-electron chi connectivity index (χ4n) is 2.79. The first-order chi connectivity index (χ1) is 8.08. The van der Waals surface area contributed by atoms with E-state index in [9.17, 15) is 19.8 Å². The lowest BCUT2D eigenvalue weighted by molar-refractivity contribution is -0.163. The molecule has 0 aromatic heterocycles. The Morgan fingerprint density at radius 1 is 1.33 bits per heavy atom. The Balaban J connectivity index is 3.68. The van der Waals surface area contributed by atoms with E-state index in [1.807, 2.05) is 0 Å². The summed E-state index contributed by atoms with van der Waals surface area (Å²) in [6, 6.07) is 0. The van der Waals surface area contributed by atoms with Gasteiger partial charge >= 0.3 is 11.9 Å². The summed E-state index contributed by atoms with van der Waals surface area (Å²) in [5.74, 6) is -2.19. The lowest BCUT2D eigenvalue weighted by atomic mass is 9.58. The molecule has 0 bridgehead atoms. The normalized spacial score (nSPS) is 32.2. The van der Waals surface area contributed by atoms with Crippen molar-refractivity contribution >= 4 is 39.6 Å². The lowest BCUT2D eigenvalue weighted by Gasteiger charge is -2.47. The molecule has 0 saturated heterocycles. The summed E-state index contributed by atoms with van der Waals surface area (Å²) in [5, 5.41) is 20.9. The lowest BCUT2D eigenvalue weighted by Crippen LogP contribution is -2.60. The molecule has 0 spiro atoms. The van der Waals surface area contributed by atoms with Crippen LogP contribution in [-0.4, -0.2) is 26.9 Å². The molecule has 0 fully saturated rings. The number of aliphatic carboxylic acids is 2. The first-order valence-corrected chi connectivity index (χ1v) is 7.26. The van der Waals surface area contributed by atoms with Crippen LogP contribution >= 0.6 is 27.7 Å². The Labute approximate surface area is 119 Å². The number of carboxylic acids is 2. The molecule has 0 aromatic rings. The minimum absolute atomic E-state index is 0.238. The monoisotopic (exact) mass is 336 g/mol. The third-order valence-corrected chi connectivity index (χ3v) is 6.27. The summed E-state index contributed by atoms with van der Waals surface area (Å²) < 4.78 is -0.945. The number of hydrogen-bond acceptors (Lipinski definition) is 3. The van der Waals surface area contributed by atoms with Crippen molar-refractivity contribution in [2.45, 2.75) is 38.9 Å². The SMILES string of the molecule is CCC1(C(=O)O)SC=C(Br)C1(C(=O)O)C(C)(C)C. The average molecular weight is 337 g/mol. The van der Waals surface area contributed by atoms with E-state index in [0.29, 0.717) is 4.48 Å². The van der Waals surface area contributed by atoms with Gasteiger partial charge in [0.2, 0.25) is 0 Å². The van der Waals surface area contributed by atoms with Gasteiger partial charge in [-0.25, -0.2) is 0 Å². The third-order valence-electron chi connectivity index (χ3n) is 3.62. The molecule has 1 aliphatic rings. The molecule has 0 radical (unpaired) electrons. The Morgan fingerprint density at radius 2 is 1.83 bits per heavy atom. The van der Waals surface area contributed by atoms with Crippen molar-refractivity contribution in [2.75, 3.05) is 0 Å². The van der Waals surface area contributed by atoms with Crippen LogP contribution in [0.3, 0.4) is 0 Å². The zero-order valence-electron chi connectivity index (χ0n) is 10.8. The van der Waals surface area contributed by atoms with Gasteiger partial charge in [0.25, 0.3) is 0 Å². The first kappa shape index (κ1) is 15.6. The van der Waals surface area contributed by atoms with Crippen LogP contribution in [0.2, 0.25) is 0 Å². The van der Waals surface area contributed by atoms with Gasteiger partial charge in [-0.05, 0) is 17.2 Å². The Bertz CT molecular complexity index is 426. The Kier molecular flexibility index (Phi) is 3.94. The maximum Gasteiger partial charge on any atom is 0.321 e. The van der Waals surface area contributed by atoms with E-state index >= 15 is 0 Å². The van der Waals surface area contributed by atoms with Gasteiger partial charge in [-0.3, -0.25) is 9.59 Å². The highest BCUT2D eigenvalue weighted by atomic mass is 79.9. The summed E-state index contributed by atoms with van der Waals surface area (Å²) in [4.78, 5) is 23.6. The van der Waals surface area contributed by atoms with Gasteiger partial charge in [0.15, 0.2) is 0 Å². The van der Waals surface area contributed by atoms with Gasteiger partial charge in [-0.2, -0.15) is 0 Å². The van der Waals surface area contributed by atoms with Crippen molar-refractivity contribution in [3.05, 3.63) is 9.89 Å². The minimum atomic E-state index is -1.47. The number of carbonyl (C=O) groups is 2. The van der Waals surface area contributed by atoms with Gasteiger partial charge in [0.05, 0.1) is 0 Å². The second-order valence-corrected chi connectivity index (χ2v) is 7.40. The molecule has 1 aliphatic heterocycles. The highest BCUT2D eigenvalue weighted by molar-refractivity contribution is 9.11. The molecule has 1 rings (SSSR count). The van der Waals surface area contributed by atoms with Crippen molar-refractivity contribution in [3.8, 4) is 0 Å². The molecule has 6 heteroatoms. The van der Waals surface area contributed by atoms with E-state index in [4.69, 9.17) is 0 Å². The molecule has 0 aliphatic carbocycles. The molecule has 18 heavy (non-hydrogen) atoms.